The standard InChI is InChI=1S/C15H32N2/c1-4-12-17(5-2)13-11-16-14(3)15-9-7-6-8-10-15/h14-16H,4-13H2,1-3H3. The summed E-state index contributed by atoms with van der Waals surface area (Å²) in [6.45, 7) is 11.7. The van der Waals surface area contributed by atoms with Gasteiger partial charge in [-0.25, -0.2) is 0 Å². The van der Waals surface area contributed by atoms with Gasteiger partial charge in [-0.2, -0.15) is 0 Å². The predicted molar refractivity (Wildman–Crippen MR) is 76.4 cm³/mol. The fourth-order valence-corrected chi connectivity index (χ4v) is 3.00. The van der Waals surface area contributed by atoms with Crippen molar-refractivity contribution < 1.29 is 0 Å². The number of likely N-dealkylation sites (N-methyl/N-ethyl adjacent to an activating group) is 1. The van der Waals surface area contributed by atoms with Crippen molar-refractivity contribution in [3.8, 4) is 0 Å². The molecule has 0 radical (unpaired) electrons. The molecule has 0 aromatic rings. The molecule has 0 saturated heterocycles. The van der Waals surface area contributed by atoms with Crippen molar-refractivity contribution >= 4 is 0 Å². The van der Waals surface area contributed by atoms with E-state index in [-0.39, 0.29) is 0 Å². The highest BCUT2D eigenvalue weighted by Gasteiger charge is 2.19. The zero-order valence-corrected chi connectivity index (χ0v) is 12.2. The molecular formula is C15H32N2. The maximum Gasteiger partial charge on any atom is 0.0107 e. The Morgan fingerprint density at radius 3 is 2.41 bits per heavy atom. The lowest BCUT2D eigenvalue weighted by Gasteiger charge is -2.29. The van der Waals surface area contributed by atoms with Gasteiger partial charge < -0.3 is 10.2 Å². The first-order valence-electron chi connectivity index (χ1n) is 7.73. The van der Waals surface area contributed by atoms with Gasteiger partial charge in [-0.15, -0.1) is 0 Å². The Hall–Kier alpha value is -0.0800. The van der Waals surface area contributed by atoms with Crippen molar-refractivity contribution in [2.45, 2.75) is 65.3 Å². The van der Waals surface area contributed by atoms with Crippen molar-refractivity contribution in [1.82, 2.24) is 10.2 Å². The van der Waals surface area contributed by atoms with E-state index in [1.165, 1.54) is 58.2 Å². The van der Waals surface area contributed by atoms with Crippen LogP contribution < -0.4 is 5.32 Å². The van der Waals surface area contributed by atoms with Crippen LogP contribution in [0.25, 0.3) is 0 Å². The van der Waals surface area contributed by atoms with Gasteiger partial charge in [0.15, 0.2) is 0 Å². The van der Waals surface area contributed by atoms with E-state index in [9.17, 15) is 0 Å². The molecule has 1 unspecified atom stereocenters. The molecule has 17 heavy (non-hydrogen) atoms. The lowest BCUT2D eigenvalue weighted by molar-refractivity contribution is 0.251. The van der Waals surface area contributed by atoms with E-state index >= 15 is 0 Å². The van der Waals surface area contributed by atoms with Crippen LogP contribution in [-0.2, 0) is 0 Å². The van der Waals surface area contributed by atoms with Gasteiger partial charge in [0.25, 0.3) is 0 Å². The summed E-state index contributed by atoms with van der Waals surface area (Å²) in [5.41, 5.74) is 0. The summed E-state index contributed by atoms with van der Waals surface area (Å²) in [6.07, 6.45) is 8.53. The number of rotatable bonds is 8. The summed E-state index contributed by atoms with van der Waals surface area (Å²) in [5, 5.41) is 3.73. The average Bonchev–Trinajstić information content (AvgIpc) is 2.38. The van der Waals surface area contributed by atoms with Crippen LogP contribution >= 0.6 is 0 Å². The Morgan fingerprint density at radius 1 is 1.12 bits per heavy atom. The molecule has 1 aliphatic rings. The van der Waals surface area contributed by atoms with E-state index in [1.807, 2.05) is 0 Å². The fourth-order valence-electron chi connectivity index (χ4n) is 3.00. The average molecular weight is 240 g/mol. The molecule has 1 saturated carbocycles. The minimum atomic E-state index is 0.718. The topological polar surface area (TPSA) is 15.3 Å². The third kappa shape index (κ3) is 5.87. The minimum Gasteiger partial charge on any atom is -0.313 e. The number of nitrogens with one attached hydrogen (secondary N) is 1. The summed E-state index contributed by atoms with van der Waals surface area (Å²) in [6, 6.07) is 0.718. The second-order valence-electron chi connectivity index (χ2n) is 5.58. The zero-order chi connectivity index (χ0) is 12.5. The lowest BCUT2D eigenvalue weighted by Crippen LogP contribution is -2.40. The van der Waals surface area contributed by atoms with Crippen molar-refractivity contribution in [2.75, 3.05) is 26.2 Å². The lowest BCUT2D eigenvalue weighted by atomic mass is 9.84. The van der Waals surface area contributed by atoms with Crippen LogP contribution in [0, 0.1) is 5.92 Å². The van der Waals surface area contributed by atoms with E-state index in [4.69, 9.17) is 0 Å². The Morgan fingerprint density at radius 2 is 1.82 bits per heavy atom. The molecule has 1 rings (SSSR count). The van der Waals surface area contributed by atoms with Crippen molar-refractivity contribution in [2.24, 2.45) is 5.92 Å². The largest absolute Gasteiger partial charge is 0.313 e. The molecule has 1 atom stereocenters. The summed E-state index contributed by atoms with van der Waals surface area (Å²) in [4.78, 5) is 2.54. The molecule has 2 heteroatoms. The monoisotopic (exact) mass is 240 g/mol. The molecule has 2 nitrogen and oxygen atoms in total. The highest BCUT2D eigenvalue weighted by atomic mass is 15.1. The molecule has 1 fully saturated rings. The molecule has 0 aromatic heterocycles. The molecule has 102 valence electrons. The van der Waals surface area contributed by atoms with Crippen LogP contribution in [-0.4, -0.2) is 37.1 Å². The fraction of sp³-hybridized carbons (Fsp3) is 1.00. The van der Waals surface area contributed by atoms with Gasteiger partial charge >= 0.3 is 0 Å². The minimum absolute atomic E-state index is 0.718. The van der Waals surface area contributed by atoms with Gasteiger partial charge in [-0.1, -0.05) is 33.1 Å². The van der Waals surface area contributed by atoms with Crippen LogP contribution in [0.5, 0.6) is 0 Å². The Bertz CT molecular complexity index is 176. The van der Waals surface area contributed by atoms with Crippen molar-refractivity contribution in [1.29, 1.82) is 0 Å². The van der Waals surface area contributed by atoms with E-state index < -0.39 is 0 Å². The van der Waals surface area contributed by atoms with Crippen LogP contribution in [0.2, 0.25) is 0 Å². The molecule has 1 N–H and O–H groups in total. The quantitative estimate of drug-likeness (QED) is 0.700. The van der Waals surface area contributed by atoms with E-state index in [2.05, 4.69) is 31.0 Å². The summed E-state index contributed by atoms with van der Waals surface area (Å²) >= 11 is 0. The Labute approximate surface area is 108 Å². The predicted octanol–water partition coefficient (Wildman–Crippen LogP) is 3.28. The first-order chi connectivity index (χ1) is 8.27. The molecule has 0 heterocycles. The van der Waals surface area contributed by atoms with Gasteiger partial charge in [-0.3, -0.25) is 0 Å². The first-order valence-corrected chi connectivity index (χ1v) is 7.73. The SMILES string of the molecule is CCCN(CC)CCNC(C)C1CCCCC1. The smallest absolute Gasteiger partial charge is 0.0107 e. The van der Waals surface area contributed by atoms with Crippen molar-refractivity contribution in [3.63, 3.8) is 0 Å². The maximum atomic E-state index is 3.73. The number of hydrogen-bond donors (Lipinski definition) is 1. The van der Waals surface area contributed by atoms with Gasteiger partial charge in [0.1, 0.15) is 0 Å². The third-order valence-corrected chi connectivity index (χ3v) is 4.24. The summed E-state index contributed by atoms with van der Waals surface area (Å²) in [5.74, 6) is 0.935. The highest BCUT2D eigenvalue weighted by Crippen LogP contribution is 2.26. The molecule has 0 bridgehead atoms. The van der Waals surface area contributed by atoms with Crippen molar-refractivity contribution in [3.05, 3.63) is 0 Å². The Balaban J connectivity index is 2.11. The molecule has 0 spiro atoms. The number of hydrogen-bond acceptors (Lipinski definition) is 2. The molecule has 1 aliphatic carbocycles. The Kier molecular flexibility index (Phi) is 7.87. The first kappa shape index (κ1) is 15.0. The van der Waals surface area contributed by atoms with Gasteiger partial charge in [0.05, 0.1) is 0 Å². The van der Waals surface area contributed by atoms with Crippen LogP contribution in [0.15, 0.2) is 0 Å². The second-order valence-corrected chi connectivity index (χ2v) is 5.58. The molecular weight excluding hydrogens is 208 g/mol. The second kappa shape index (κ2) is 8.93. The van der Waals surface area contributed by atoms with Crippen LogP contribution in [0.3, 0.4) is 0 Å². The number of nitrogens with zero attached hydrogens (tertiary/aromatic N) is 1. The van der Waals surface area contributed by atoms with Gasteiger partial charge in [0.2, 0.25) is 0 Å². The zero-order valence-electron chi connectivity index (χ0n) is 12.2. The maximum absolute atomic E-state index is 3.73. The molecule has 0 aromatic carbocycles. The van der Waals surface area contributed by atoms with Crippen LogP contribution in [0.1, 0.15) is 59.3 Å². The highest BCUT2D eigenvalue weighted by molar-refractivity contribution is 4.76. The van der Waals surface area contributed by atoms with Gasteiger partial charge in [-0.05, 0) is 45.2 Å². The van der Waals surface area contributed by atoms with E-state index in [0.29, 0.717) is 0 Å². The van der Waals surface area contributed by atoms with E-state index in [1.54, 1.807) is 0 Å². The summed E-state index contributed by atoms with van der Waals surface area (Å²) in [7, 11) is 0. The van der Waals surface area contributed by atoms with Crippen LogP contribution in [0.4, 0.5) is 0 Å². The molecule has 0 aliphatic heterocycles. The normalized spacial score (nSPS) is 19.8. The van der Waals surface area contributed by atoms with E-state index in [0.717, 1.165) is 18.5 Å². The van der Waals surface area contributed by atoms with Gasteiger partial charge in [0, 0.05) is 19.1 Å². The summed E-state index contributed by atoms with van der Waals surface area (Å²) < 4.78 is 0. The molecule has 0 amide bonds. The third-order valence-electron chi connectivity index (χ3n) is 4.24.